The summed E-state index contributed by atoms with van der Waals surface area (Å²) in [6, 6.07) is 8.50. The Morgan fingerprint density at radius 2 is 1.84 bits per heavy atom. The second-order valence-corrected chi connectivity index (χ2v) is 7.56. The fourth-order valence-electron chi connectivity index (χ4n) is 3.98. The van der Waals surface area contributed by atoms with Gasteiger partial charge in [0.05, 0.1) is 5.56 Å². The molecule has 8 heteroatoms. The van der Waals surface area contributed by atoms with Crippen molar-refractivity contribution in [2.75, 3.05) is 24.5 Å². The van der Waals surface area contributed by atoms with Gasteiger partial charge in [0.15, 0.2) is 0 Å². The van der Waals surface area contributed by atoms with Gasteiger partial charge < -0.3 is 14.8 Å². The maximum absolute atomic E-state index is 11.4. The van der Waals surface area contributed by atoms with Crippen LogP contribution in [0.4, 0.5) is 5.95 Å². The highest BCUT2D eigenvalue weighted by molar-refractivity contribution is 5.92. The van der Waals surface area contributed by atoms with Gasteiger partial charge in [0.2, 0.25) is 5.95 Å². The number of hydrogen-bond acceptors (Lipinski definition) is 6. The Labute approximate surface area is 183 Å². The third-order valence-electron chi connectivity index (χ3n) is 5.63. The van der Waals surface area contributed by atoms with Crippen LogP contribution in [-0.2, 0) is 13.6 Å². The number of carbonyl (C=O) groups is 1. The summed E-state index contributed by atoms with van der Waals surface area (Å²) in [5.41, 5.74) is 4.43. The molecule has 3 aromatic rings. The number of aromatic nitrogens is 3. The van der Waals surface area contributed by atoms with Crippen LogP contribution >= 0.6 is 0 Å². The average Bonchev–Trinajstić information content (AvgIpc) is 3.16. The largest absolute Gasteiger partial charge is 0.350 e. The Hall–Kier alpha value is -2.97. The van der Waals surface area contributed by atoms with Crippen LogP contribution in [0.5, 0.6) is 0 Å². The van der Waals surface area contributed by atoms with Crippen molar-refractivity contribution in [2.24, 2.45) is 13.0 Å². The van der Waals surface area contributed by atoms with Crippen molar-refractivity contribution < 1.29 is 10.0 Å². The number of anilines is 1. The number of benzene rings is 1. The zero-order valence-corrected chi connectivity index (χ0v) is 18.5. The van der Waals surface area contributed by atoms with Gasteiger partial charge >= 0.3 is 0 Å². The first-order valence-corrected chi connectivity index (χ1v) is 10.9. The number of nitrogens with one attached hydrogen (secondary N) is 2. The number of amides is 1. The fraction of sp³-hybridized carbons (Fsp3) is 0.435. The van der Waals surface area contributed by atoms with Gasteiger partial charge in [-0.05, 0) is 36.9 Å². The SMILES string of the molecule is CC.Cn1cc(CNCC2CCN(c3ncc(C(=O)NO)cn3)CC2)c2ccccc21. The maximum atomic E-state index is 11.4. The Kier molecular flexibility index (Phi) is 7.97. The van der Waals surface area contributed by atoms with Crippen LogP contribution < -0.4 is 15.7 Å². The predicted molar refractivity (Wildman–Crippen MR) is 122 cm³/mol. The third-order valence-corrected chi connectivity index (χ3v) is 5.63. The zero-order valence-electron chi connectivity index (χ0n) is 18.5. The molecular formula is C23H32N6O2. The van der Waals surface area contributed by atoms with E-state index in [0.717, 1.165) is 39.0 Å². The summed E-state index contributed by atoms with van der Waals surface area (Å²) in [5, 5.41) is 13.6. The average molecular weight is 425 g/mol. The quantitative estimate of drug-likeness (QED) is 0.416. The van der Waals surface area contributed by atoms with E-state index in [1.807, 2.05) is 13.8 Å². The minimum atomic E-state index is -0.604. The van der Waals surface area contributed by atoms with Gasteiger partial charge in [-0.25, -0.2) is 15.4 Å². The molecule has 0 unspecified atom stereocenters. The Morgan fingerprint density at radius 1 is 1.16 bits per heavy atom. The van der Waals surface area contributed by atoms with E-state index in [-0.39, 0.29) is 5.56 Å². The lowest BCUT2D eigenvalue weighted by atomic mass is 9.97. The first-order valence-electron chi connectivity index (χ1n) is 10.9. The predicted octanol–water partition coefficient (Wildman–Crippen LogP) is 3.12. The first-order chi connectivity index (χ1) is 15.2. The van der Waals surface area contributed by atoms with E-state index in [1.54, 1.807) is 5.48 Å². The Balaban J connectivity index is 0.00000132. The Morgan fingerprint density at radius 3 is 2.52 bits per heavy atom. The number of piperidine rings is 1. The second-order valence-electron chi connectivity index (χ2n) is 7.56. The highest BCUT2D eigenvalue weighted by atomic mass is 16.5. The number of aryl methyl sites for hydroxylation is 1. The lowest BCUT2D eigenvalue weighted by Crippen LogP contribution is -2.38. The molecule has 1 aromatic carbocycles. The highest BCUT2D eigenvalue weighted by Gasteiger charge is 2.21. The smallest absolute Gasteiger partial charge is 0.277 e. The fourth-order valence-corrected chi connectivity index (χ4v) is 3.98. The number of hydrogen-bond donors (Lipinski definition) is 3. The molecule has 0 atom stereocenters. The molecule has 1 aliphatic heterocycles. The molecule has 0 bridgehead atoms. The van der Waals surface area contributed by atoms with Crippen molar-refractivity contribution in [2.45, 2.75) is 33.2 Å². The molecule has 0 saturated carbocycles. The van der Waals surface area contributed by atoms with E-state index in [0.29, 0.717) is 11.9 Å². The zero-order chi connectivity index (χ0) is 22.2. The number of hydroxylamine groups is 1. The molecule has 1 fully saturated rings. The minimum absolute atomic E-state index is 0.240. The van der Waals surface area contributed by atoms with Gasteiger partial charge in [-0.1, -0.05) is 32.0 Å². The van der Waals surface area contributed by atoms with Crippen LogP contribution in [0.3, 0.4) is 0 Å². The van der Waals surface area contributed by atoms with Crippen LogP contribution in [0.2, 0.25) is 0 Å². The number of carbonyl (C=O) groups excluding carboxylic acids is 1. The molecule has 31 heavy (non-hydrogen) atoms. The van der Waals surface area contributed by atoms with Crippen molar-refractivity contribution in [3.63, 3.8) is 0 Å². The van der Waals surface area contributed by atoms with Crippen LogP contribution in [0, 0.1) is 5.92 Å². The molecule has 0 spiro atoms. The van der Waals surface area contributed by atoms with Crippen LogP contribution in [0.25, 0.3) is 10.9 Å². The normalized spacial score (nSPS) is 14.3. The van der Waals surface area contributed by atoms with Crippen LogP contribution in [-0.4, -0.2) is 45.3 Å². The summed E-state index contributed by atoms with van der Waals surface area (Å²) < 4.78 is 2.18. The molecule has 1 saturated heterocycles. The van der Waals surface area contributed by atoms with Crippen molar-refractivity contribution >= 4 is 22.8 Å². The van der Waals surface area contributed by atoms with E-state index >= 15 is 0 Å². The molecule has 3 N–H and O–H groups in total. The van der Waals surface area contributed by atoms with E-state index in [2.05, 4.69) is 62.3 Å². The molecule has 2 aromatic heterocycles. The molecule has 4 rings (SSSR count). The molecule has 1 amide bonds. The highest BCUT2D eigenvalue weighted by Crippen LogP contribution is 2.22. The molecule has 3 heterocycles. The summed E-state index contributed by atoms with van der Waals surface area (Å²) in [7, 11) is 2.09. The minimum Gasteiger partial charge on any atom is -0.350 e. The standard InChI is InChI=1S/C21H26N6O2.C2H6/c1-26-14-17(18-4-2-3-5-19(18)26)11-22-10-15-6-8-27(9-7-15)21-23-12-16(13-24-21)20(28)25-29;1-2/h2-5,12-15,22,29H,6-11H2,1H3,(H,25,28);1-2H3. The first kappa shape index (κ1) is 22.7. The molecule has 0 aliphatic carbocycles. The van der Waals surface area contributed by atoms with E-state index in [4.69, 9.17) is 5.21 Å². The van der Waals surface area contributed by atoms with E-state index in [1.165, 1.54) is 28.9 Å². The number of rotatable bonds is 6. The van der Waals surface area contributed by atoms with Gasteiger partial charge in [0, 0.05) is 56.2 Å². The van der Waals surface area contributed by atoms with Crippen molar-refractivity contribution in [3.05, 3.63) is 54.0 Å². The molecule has 166 valence electrons. The number of para-hydroxylation sites is 1. The number of nitrogens with zero attached hydrogens (tertiary/aromatic N) is 4. The monoisotopic (exact) mass is 424 g/mol. The topological polar surface area (TPSA) is 95.3 Å². The van der Waals surface area contributed by atoms with Crippen LogP contribution in [0.1, 0.15) is 42.6 Å². The molecule has 0 radical (unpaired) electrons. The lowest BCUT2D eigenvalue weighted by Gasteiger charge is -2.32. The van der Waals surface area contributed by atoms with Crippen molar-refractivity contribution in [1.82, 2.24) is 25.3 Å². The van der Waals surface area contributed by atoms with Gasteiger partial charge in [0.25, 0.3) is 5.91 Å². The van der Waals surface area contributed by atoms with Crippen LogP contribution in [0.15, 0.2) is 42.9 Å². The van der Waals surface area contributed by atoms with Gasteiger partial charge in [-0.15, -0.1) is 0 Å². The summed E-state index contributed by atoms with van der Waals surface area (Å²) in [6.07, 6.45) is 7.23. The molecular weight excluding hydrogens is 392 g/mol. The molecule has 8 nitrogen and oxygen atoms in total. The summed E-state index contributed by atoms with van der Waals surface area (Å²) in [5.74, 6) is 0.648. The second kappa shape index (κ2) is 10.9. The summed E-state index contributed by atoms with van der Waals surface area (Å²) >= 11 is 0. The summed E-state index contributed by atoms with van der Waals surface area (Å²) in [6.45, 7) is 7.66. The Bertz CT molecular complexity index is 977. The number of fused-ring (bicyclic) bond motifs is 1. The van der Waals surface area contributed by atoms with Gasteiger partial charge in [-0.2, -0.15) is 0 Å². The van der Waals surface area contributed by atoms with Crippen molar-refractivity contribution in [3.8, 4) is 0 Å². The lowest BCUT2D eigenvalue weighted by molar-refractivity contribution is 0.0705. The molecule has 1 aliphatic rings. The van der Waals surface area contributed by atoms with Gasteiger partial charge in [0.1, 0.15) is 0 Å². The van der Waals surface area contributed by atoms with E-state index in [9.17, 15) is 4.79 Å². The third kappa shape index (κ3) is 5.39. The van der Waals surface area contributed by atoms with Crippen molar-refractivity contribution in [1.29, 1.82) is 0 Å². The summed E-state index contributed by atoms with van der Waals surface area (Å²) in [4.78, 5) is 22.0. The van der Waals surface area contributed by atoms with E-state index < -0.39 is 5.91 Å². The maximum Gasteiger partial charge on any atom is 0.277 e. The van der Waals surface area contributed by atoms with Gasteiger partial charge in [-0.3, -0.25) is 10.0 Å².